The lowest BCUT2D eigenvalue weighted by Gasteiger charge is -2.43. The highest BCUT2D eigenvalue weighted by molar-refractivity contribution is 6.24. The standard InChI is InChI=1S/C14H25Cl/c1-2-12-7-6-10-14(15,11-12)13-8-4-3-5-9-13/h12-13H,2-11H2,1H3. The molecule has 0 aromatic carbocycles. The highest BCUT2D eigenvalue weighted by Gasteiger charge is 2.40. The van der Waals surface area contributed by atoms with E-state index < -0.39 is 0 Å². The predicted octanol–water partition coefficient (Wildman–Crippen LogP) is 5.14. The Morgan fingerprint density at radius 3 is 2.47 bits per heavy atom. The molecule has 0 amide bonds. The van der Waals surface area contributed by atoms with Crippen LogP contribution in [-0.4, -0.2) is 4.87 Å². The minimum absolute atomic E-state index is 0.194. The first-order valence-electron chi connectivity index (χ1n) is 6.93. The molecule has 2 fully saturated rings. The van der Waals surface area contributed by atoms with Gasteiger partial charge in [-0.2, -0.15) is 0 Å². The molecule has 2 unspecified atom stereocenters. The van der Waals surface area contributed by atoms with Crippen molar-refractivity contribution in [2.75, 3.05) is 0 Å². The van der Waals surface area contributed by atoms with Gasteiger partial charge in [-0.1, -0.05) is 45.4 Å². The van der Waals surface area contributed by atoms with Crippen molar-refractivity contribution in [2.24, 2.45) is 11.8 Å². The van der Waals surface area contributed by atoms with Crippen LogP contribution in [0, 0.1) is 11.8 Å². The van der Waals surface area contributed by atoms with Gasteiger partial charge in [0.2, 0.25) is 0 Å². The van der Waals surface area contributed by atoms with Gasteiger partial charge in [0.15, 0.2) is 0 Å². The van der Waals surface area contributed by atoms with Crippen LogP contribution in [0.15, 0.2) is 0 Å². The van der Waals surface area contributed by atoms with Crippen LogP contribution in [0.2, 0.25) is 0 Å². The topological polar surface area (TPSA) is 0 Å². The Bertz CT molecular complexity index is 196. The lowest BCUT2D eigenvalue weighted by molar-refractivity contribution is 0.181. The van der Waals surface area contributed by atoms with Crippen LogP contribution in [0.25, 0.3) is 0 Å². The molecule has 2 rings (SSSR count). The first-order valence-corrected chi connectivity index (χ1v) is 7.31. The van der Waals surface area contributed by atoms with Gasteiger partial charge in [0, 0.05) is 4.87 Å². The molecule has 2 atom stereocenters. The number of halogens is 1. The maximum absolute atomic E-state index is 6.93. The fourth-order valence-electron chi connectivity index (χ4n) is 3.71. The molecule has 0 aliphatic heterocycles. The molecule has 0 spiro atoms. The third kappa shape index (κ3) is 2.70. The zero-order chi connectivity index (χ0) is 10.7. The van der Waals surface area contributed by atoms with Gasteiger partial charge in [0.25, 0.3) is 0 Å². The summed E-state index contributed by atoms with van der Waals surface area (Å²) in [5.41, 5.74) is 0. The van der Waals surface area contributed by atoms with E-state index in [1.54, 1.807) is 0 Å². The minimum Gasteiger partial charge on any atom is -0.119 e. The molecule has 0 heterocycles. The van der Waals surface area contributed by atoms with E-state index >= 15 is 0 Å². The van der Waals surface area contributed by atoms with E-state index in [0.29, 0.717) is 0 Å². The highest BCUT2D eigenvalue weighted by atomic mass is 35.5. The molecule has 0 N–H and O–H groups in total. The fraction of sp³-hybridized carbons (Fsp3) is 1.00. The summed E-state index contributed by atoms with van der Waals surface area (Å²) in [6.07, 6.45) is 13.8. The monoisotopic (exact) mass is 228 g/mol. The number of hydrogen-bond acceptors (Lipinski definition) is 0. The van der Waals surface area contributed by atoms with Gasteiger partial charge in [-0.05, 0) is 37.5 Å². The van der Waals surface area contributed by atoms with Crippen LogP contribution in [0.1, 0.15) is 71.1 Å². The summed E-state index contributed by atoms with van der Waals surface area (Å²) in [7, 11) is 0. The first-order chi connectivity index (χ1) is 7.24. The lowest BCUT2D eigenvalue weighted by atomic mass is 9.69. The van der Waals surface area contributed by atoms with Gasteiger partial charge < -0.3 is 0 Å². The molecule has 88 valence electrons. The van der Waals surface area contributed by atoms with Gasteiger partial charge >= 0.3 is 0 Å². The summed E-state index contributed by atoms with van der Waals surface area (Å²) in [6, 6.07) is 0. The summed E-state index contributed by atoms with van der Waals surface area (Å²) in [5.74, 6) is 1.75. The summed E-state index contributed by atoms with van der Waals surface area (Å²) < 4.78 is 0. The molecule has 0 bridgehead atoms. The van der Waals surface area contributed by atoms with Crippen molar-refractivity contribution in [3.63, 3.8) is 0 Å². The maximum atomic E-state index is 6.93. The predicted molar refractivity (Wildman–Crippen MR) is 67.4 cm³/mol. The molecule has 0 aromatic heterocycles. The second-order valence-electron chi connectivity index (χ2n) is 5.74. The second-order valence-corrected chi connectivity index (χ2v) is 6.49. The number of hydrogen-bond donors (Lipinski definition) is 0. The summed E-state index contributed by atoms with van der Waals surface area (Å²) in [4.78, 5) is 0.194. The molecule has 0 radical (unpaired) electrons. The van der Waals surface area contributed by atoms with Crippen molar-refractivity contribution in [1.82, 2.24) is 0 Å². The van der Waals surface area contributed by atoms with E-state index in [-0.39, 0.29) is 4.87 Å². The number of rotatable bonds is 2. The lowest BCUT2D eigenvalue weighted by Crippen LogP contribution is -2.38. The molecule has 0 aromatic rings. The Hall–Kier alpha value is 0.290. The van der Waals surface area contributed by atoms with Crippen molar-refractivity contribution < 1.29 is 0 Å². The van der Waals surface area contributed by atoms with E-state index in [9.17, 15) is 0 Å². The molecule has 15 heavy (non-hydrogen) atoms. The van der Waals surface area contributed by atoms with Crippen molar-refractivity contribution >= 4 is 11.6 Å². The Balaban J connectivity index is 1.97. The molecular weight excluding hydrogens is 204 g/mol. The van der Waals surface area contributed by atoms with Crippen LogP contribution in [0.5, 0.6) is 0 Å². The first kappa shape index (κ1) is 11.8. The van der Waals surface area contributed by atoms with Crippen molar-refractivity contribution in [3.8, 4) is 0 Å². The molecule has 0 nitrogen and oxygen atoms in total. The maximum Gasteiger partial charge on any atom is 0.0477 e. The minimum atomic E-state index is 0.194. The quantitative estimate of drug-likeness (QED) is 0.574. The van der Waals surface area contributed by atoms with E-state index in [4.69, 9.17) is 11.6 Å². The zero-order valence-electron chi connectivity index (χ0n) is 10.1. The molecule has 2 aliphatic carbocycles. The van der Waals surface area contributed by atoms with Crippen LogP contribution in [0.3, 0.4) is 0 Å². The van der Waals surface area contributed by atoms with E-state index in [0.717, 1.165) is 11.8 Å². The summed E-state index contributed by atoms with van der Waals surface area (Å²) >= 11 is 6.93. The van der Waals surface area contributed by atoms with E-state index in [1.807, 2.05) is 0 Å². The Morgan fingerprint density at radius 1 is 1.07 bits per heavy atom. The highest BCUT2D eigenvalue weighted by Crippen LogP contribution is 2.48. The van der Waals surface area contributed by atoms with Gasteiger partial charge in [0.1, 0.15) is 0 Å². The fourth-order valence-corrected chi connectivity index (χ4v) is 4.28. The normalized spacial score (nSPS) is 39.2. The van der Waals surface area contributed by atoms with E-state index in [2.05, 4.69) is 6.92 Å². The number of alkyl halides is 1. The van der Waals surface area contributed by atoms with Crippen molar-refractivity contribution in [2.45, 2.75) is 76.0 Å². The molecule has 1 heteroatoms. The zero-order valence-corrected chi connectivity index (χ0v) is 10.9. The summed E-state index contributed by atoms with van der Waals surface area (Å²) in [6.45, 7) is 2.33. The Morgan fingerprint density at radius 2 is 1.80 bits per heavy atom. The van der Waals surface area contributed by atoms with Crippen LogP contribution in [0.4, 0.5) is 0 Å². The molecule has 0 saturated heterocycles. The van der Waals surface area contributed by atoms with Crippen LogP contribution >= 0.6 is 11.6 Å². The summed E-state index contributed by atoms with van der Waals surface area (Å²) in [5, 5.41) is 0. The van der Waals surface area contributed by atoms with Crippen molar-refractivity contribution in [1.29, 1.82) is 0 Å². The van der Waals surface area contributed by atoms with Crippen LogP contribution < -0.4 is 0 Å². The molecular formula is C14H25Cl. The Kier molecular flexibility index (Phi) is 3.98. The largest absolute Gasteiger partial charge is 0.119 e. The van der Waals surface area contributed by atoms with Gasteiger partial charge in [-0.3, -0.25) is 0 Å². The SMILES string of the molecule is CCC1CCCC(Cl)(C2CCCCC2)C1. The van der Waals surface area contributed by atoms with Gasteiger partial charge in [-0.25, -0.2) is 0 Å². The van der Waals surface area contributed by atoms with Gasteiger partial charge in [-0.15, -0.1) is 11.6 Å². The third-order valence-corrected chi connectivity index (χ3v) is 5.40. The molecule has 2 aliphatic rings. The molecule has 2 saturated carbocycles. The van der Waals surface area contributed by atoms with Crippen LogP contribution in [-0.2, 0) is 0 Å². The average Bonchev–Trinajstić information content (AvgIpc) is 2.30. The third-order valence-electron chi connectivity index (χ3n) is 4.75. The Labute approximate surface area is 99.8 Å². The van der Waals surface area contributed by atoms with E-state index in [1.165, 1.54) is 64.2 Å². The average molecular weight is 229 g/mol. The van der Waals surface area contributed by atoms with Crippen molar-refractivity contribution in [3.05, 3.63) is 0 Å². The van der Waals surface area contributed by atoms with Gasteiger partial charge in [0.05, 0.1) is 0 Å². The second kappa shape index (κ2) is 5.08. The smallest absolute Gasteiger partial charge is 0.0477 e.